The van der Waals surface area contributed by atoms with Gasteiger partial charge in [-0.25, -0.2) is 0 Å². The second-order valence-electron chi connectivity index (χ2n) is 5.95. The van der Waals surface area contributed by atoms with Crippen molar-refractivity contribution in [2.75, 3.05) is 0 Å². The summed E-state index contributed by atoms with van der Waals surface area (Å²) in [6, 6.07) is 12.9. The number of rotatable bonds is 1. The van der Waals surface area contributed by atoms with Gasteiger partial charge in [-0.2, -0.15) is 12.1 Å². The minimum Gasteiger partial charge on any atom is -0.852 e. The predicted molar refractivity (Wildman–Crippen MR) is 94.3 cm³/mol. The first kappa shape index (κ1) is 28.2. The maximum atomic E-state index is 9.53. The van der Waals surface area contributed by atoms with Crippen LogP contribution in [0.15, 0.2) is 36.4 Å². The van der Waals surface area contributed by atoms with Crippen LogP contribution in [0.25, 0.3) is 10.8 Å². The van der Waals surface area contributed by atoms with Crippen LogP contribution in [-0.4, -0.2) is 18.3 Å². The molecule has 0 saturated heterocycles. The Balaban J connectivity index is -0.000000288. The molecule has 0 aliphatic carbocycles. The topological polar surface area (TPSA) is 69.2 Å². The third-order valence-corrected chi connectivity index (χ3v) is 2.15. The standard InChI is InChI=1S/C11H11.3C3H7O.Ti/c1-2-9-5-3-6-10-7-4-8-11(9)10;3*1-3(2)4;/h3-8H,2H2,1H3;3*3H,1-2H3;/q4*-1;+4. The normalized spacial score (nSPS) is 9.38. The molecule has 3 nitrogen and oxygen atoms in total. The SMILES string of the molecule is CC(C)[O-].CC(C)[O-].CC(C)[O-].CCc1cccc2[cH-]ccc12.[Ti+4]. The molecule has 0 aliphatic rings. The minimum atomic E-state index is -0.417. The molecule has 24 heavy (non-hydrogen) atoms. The summed E-state index contributed by atoms with van der Waals surface area (Å²) in [7, 11) is 0. The molecular formula is C20H32O3Ti. The van der Waals surface area contributed by atoms with Gasteiger partial charge in [0, 0.05) is 0 Å². The molecule has 2 aromatic carbocycles. The fourth-order valence-corrected chi connectivity index (χ4v) is 1.54. The molecule has 0 atom stereocenters. The number of fused-ring (bicyclic) bond motifs is 1. The van der Waals surface area contributed by atoms with E-state index in [2.05, 4.69) is 43.3 Å². The van der Waals surface area contributed by atoms with Gasteiger partial charge in [-0.3, -0.25) is 0 Å². The van der Waals surface area contributed by atoms with Crippen molar-refractivity contribution in [3.63, 3.8) is 0 Å². The van der Waals surface area contributed by atoms with Gasteiger partial charge in [-0.1, -0.05) is 60.1 Å². The van der Waals surface area contributed by atoms with Gasteiger partial charge in [-0.05, 0) is 6.42 Å². The summed E-state index contributed by atoms with van der Waals surface area (Å²) in [5, 5.41) is 31.4. The van der Waals surface area contributed by atoms with Crippen molar-refractivity contribution in [1.82, 2.24) is 0 Å². The van der Waals surface area contributed by atoms with Crippen LogP contribution >= 0.6 is 0 Å². The average Bonchev–Trinajstić information content (AvgIpc) is 2.84. The molecule has 0 radical (unpaired) electrons. The Bertz CT molecular complexity index is 468. The number of hydrogen-bond donors (Lipinski definition) is 0. The van der Waals surface area contributed by atoms with Crippen LogP contribution in [0.4, 0.5) is 0 Å². The minimum absolute atomic E-state index is 0. The van der Waals surface area contributed by atoms with Crippen LogP contribution in [-0.2, 0) is 28.1 Å². The molecule has 134 valence electrons. The largest absolute Gasteiger partial charge is 4.00 e. The molecule has 0 N–H and O–H groups in total. The Morgan fingerprint density at radius 1 is 0.833 bits per heavy atom. The first-order chi connectivity index (χ1) is 10.6. The van der Waals surface area contributed by atoms with E-state index < -0.39 is 18.3 Å². The summed E-state index contributed by atoms with van der Waals surface area (Å²) in [4.78, 5) is 0. The molecule has 2 rings (SSSR count). The van der Waals surface area contributed by atoms with E-state index >= 15 is 0 Å². The molecule has 0 fully saturated rings. The Hall–Kier alpha value is -0.576. The van der Waals surface area contributed by atoms with Crippen molar-refractivity contribution in [2.24, 2.45) is 0 Å². The van der Waals surface area contributed by atoms with Crippen molar-refractivity contribution in [2.45, 2.75) is 73.2 Å². The van der Waals surface area contributed by atoms with Gasteiger partial charge < -0.3 is 15.3 Å². The third-order valence-electron chi connectivity index (χ3n) is 2.15. The van der Waals surface area contributed by atoms with Crippen molar-refractivity contribution < 1.29 is 37.0 Å². The second-order valence-corrected chi connectivity index (χ2v) is 5.95. The Labute approximate surface area is 163 Å². The number of hydrogen-bond acceptors (Lipinski definition) is 3. The fourth-order valence-electron chi connectivity index (χ4n) is 1.54. The van der Waals surface area contributed by atoms with Crippen molar-refractivity contribution in [1.29, 1.82) is 0 Å². The zero-order chi connectivity index (χ0) is 18.4. The van der Waals surface area contributed by atoms with Crippen molar-refractivity contribution in [3.8, 4) is 0 Å². The van der Waals surface area contributed by atoms with Crippen LogP contribution in [0.5, 0.6) is 0 Å². The van der Waals surface area contributed by atoms with Gasteiger partial charge in [0.25, 0.3) is 0 Å². The van der Waals surface area contributed by atoms with Gasteiger partial charge in [0.15, 0.2) is 0 Å². The van der Waals surface area contributed by atoms with Gasteiger partial charge >= 0.3 is 21.7 Å². The summed E-state index contributed by atoms with van der Waals surface area (Å²) in [5.41, 5.74) is 1.45. The van der Waals surface area contributed by atoms with Gasteiger partial charge in [0.2, 0.25) is 0 Å². The van der Waals surface area contributed by atoms with E-state index in [1.54, 1.807) is 41.5 Å². The summed E-state index contributed by atoms with van der Waals surface area (Å²) >= 11 is 0. The molecule has 0 amide bonds. The molecule has 0 aliphatic heterocycles. The predicted octanol–water partition coefficient (Wildman–Crippen LogP) is 2.38. The third kappa shape index (κ3) is 19.5. The van der Waals surface area contributed by atoms with Crippen molar-refractivity contribution in [3.05, 3.63) is 42.0 Å². The summed E-state index contributed by atoms with van der Waals surface area (Å²) in [6.07, 6.45) is -0.124. The van der Waals surface area contributed by atoms with E-state index in [1.807, 2.05) is 0 Å². The van der Waals surface area contributed by atoms with Gasteiger partial charge in [0.1, 0.15) is 0 Å². The molecule has 2 aromatic rings. The quantitative estimate of drug-likeness (QED) is 0.573. The van der Waals surface area contributed by atoms with Gasteiger partial charge in [-0.15, -0.1) is 47.3 Å². The maximum Gasteiger partial charge on any atom is 4.00 e. The zero-order valence-corrected chi connectivity index (χ0v) is 17.7. The van der Waals surface area contributed by atoms with Crippen molar-refractivity contribution >= 4 is 10.8 Å². The summed E-state index contributed by atoms with van der Waals surface area (Å²) in [6.45, 7) is 11.9. The van der Waals surface area contributed by atoms with Crippen LogP contribution in [0.1, 0.15) is 54.0 Å². The van der Waals surface area contributed by atoms with E-state index in [4.69, 9.17) is 0 Å². The van der Waals surface area contributed by atoms with E-state index in [9.17, 15) is 15.3 Å². The number of benzene rings is 1. The average molecular weight is 368 g/mol. The summed E-state index contributed by atoms with van der Waals surface area (Å²) in [5.74, 6) is 0. The molecule has 0 bridgehead atoms. The number of aryl methyl sites for hydroxylation is 1. The van der Waals surface area contributed by atoms with Crippen LogP contribution in [0.3, 0.4) is 0 Å². The van der Waals surface area contributed by atoms with E-state index in [0.29, 0.717) is 0 Å². The smallest absolute Gasteiger partial charge is 0.852 e. The fraction of sp³-hybridized carbons (Fsp3) is 0.550. The molecule has 0 heterocycles. The van der Waals surface area contributed by atoms with E-state index in [1.165, 1.54) is 16.3 Å². The first-order valence-corrected chi connectivity index (χ1v) is 8.22. The van der Waals surface area contributed by atoms with E-state index in [-0.39, 0.29) is 21.7 Å². The molecular weight excluding hydrogens is 336 g/mol. The van der Waals surface area contributed by atoms with Crippen LogP contribution in [0.2, 0.25) is 0 Å². The van der Waals surface area contributed by atoms with E-state index in [0.717, 1.165) is 6.42 Å². The molecule has 0 spiro atoms. The summed E-state index contributed by atoms with van der Waals surface area (Å²) < 4.78 is 0. The Kier molecular flexibility index (Phi) is 20.3. The molecule has 4 heteroatoms. The Morgan fingerprint density at radius 3 is 1.62 bits per heavy atom. The monoisotopic (exact) mass is 368 g/mol. The Morgan fingerprint density at radius 2 is 1.25 bits per heavy atom. The first-order valence-electron chi connectivity index (χ1n) is 8.22. The molecule has 0 unspecified atom stereocenters. The van der Waals surface area contributed by atoms with Crippen LogP contribution < -0.4 is 15.3 Å². The van der Waals surface area contributed by atoms with Crippen LogP contribution in [0, 0.1) is 0 Å². The maximum absolute atomic E-state index is 9.53. The zero-order valence-electron chi connectivity index (χ0n) is 16.1. The second kappa shape index (κ2) is 17.3. The molecule has 0 aromatic heterocycles. The van der Waals surface area contributed by atoms with Gasteiger partial charge in [0.05, 0.1) is 0 Å². The molecule has 0 saturated carbocycles.